The third-order valence-electron chi connectivity index (χ3n) is 2.53. The first kappa shape index (κ1) is 12.6. The van der Waals surface area contributed by atoms with Gasteiger partial charge in [0.05, 0.1) is 0 Å². The lowest BCUT2D eigenvalue weighted by atomic mass is 10.0. The van der Waals surface area contributed by atoms with Crippen LogP contribution >= 0.6 is 0 Å². The number of carboxylic acid groups (broad SMARTS) is 1. The van der Waals surface area contributed by atoms with Crippen molar-refractivity contribution in [1.82, 2.24) is 0 Å². The Morgan fingerprint density at radius 2 is 1.74 bits per heavy atom. The number of phenolic OH excluding ortho intramolecular Hbond substituents is 1. The highest BCUT2D eigenvalue weighted by molar-refractivity contribution is 6.36. The summed E-state index contributed by atoms with van der Waals surface area (Å²) in [5.41, 5.74) is 1.64. The average molecular weight is 257 g/mol. The Morgan fingerprint density at radius 3 is 2.42 bits per heavy atom. The molecule has 0 atom stereocenters. The van der Waals surface area contributed by atoms with E-state index in [1.807, 2.05) is 0 Å². The molecule has 5 heteroatoms. The molecule has 1 amide bonds. The average Bonchev–Trinajstić information content (AvgIpc) is 2.39. The zero-order valence-electron chi connectivity index (χ0n) is 9.83. The van der Waals surface area contributed by atoms with Crippen molar-refractivity contribution in [2.75, 3.05) is 5.32 Å². The van der Waals surface area contributed by atoms with Gasteiger partial charge in [-0.15, -0.1) is 0 Å². The zero-order chi connectivity index (χ0) is 13.8. The van der Waals surface area contributed by atoms with Gasteiger partial charge in [0, 0.05) is 11.3 Å². The maximum atomic E-state index is 11.1. The zero-order valence-corrected chi connectivity index (χ0v) is 9.83. The lowest BCUT2D eigenvalue weighted by Gasteiger charge is -2.07. The summed E-state index contributed by atoms with van der Waals surface area (Å²) < 4.78 is 0. The van der Waals surface area contributed by atoms with Crippen molar-refractivity contribution < 1.29 is 19.8 Å². The molecule has 19 heavy (non-hydrogen) atoms. The van der Waals surface area contributed by atoms with Crippen molar-refractivity contribution in [2.45, 2.75) is 0 Å². The van der Waals surface area contributed by atoms with Gasteiger partial charge in [0.25, 0.3) is 0 Å². The Bertz CT molecular complexity index is 637. The highest BCUT2D eigenvalue weighted by Crippen LogP contribution is 2.29. The van der Waals surface area contributed by atoms with Crippen LogP contribution in [0.3, 0.4) is 0 Å². The van der Waals surface area contributed by atoms with E-state index in [9.17, 15) is 14.7 Å². The number of phenols is 1. The van der Waals surface area contributed by atoms with Crippen molar-refractivity contribution in [3.8, 4) is 16.9 Å². The minimum atomic E-state index is -1.55. The summed E-state index contributed by atoms with van der Waals surface area (Å²) in [6.45, 7) is 0. The number of rotatable bonds is 2. The summed E-state index contributed by atoms with van der Waals surface area (Å²) in [4.78, 5) is 21.5. The Balaban J connectivity index is 2.32. The van der Waals surface area contributed by atoms with Gasteiger partial charge < -0.3 is 15.5 Å². The summed E-state index contributed by atoms with van der Waals surface area (Å²) in [5, 5.41) is 20.5. The first-order valence-corrected chi connectivity index (χ1v) is 5.50. The van der Waals surface area contributed by atoms with E-state index in [-0.39, 0.29) is 5.75 Å². The molecule has 96 valence electrons. The third kappa shape index (κ3) is 2.90. The van der Waals surface area contributed by atoms with Crippen LogP contribution in [-0.2, 0) is 9.59 Å². The Morgan fingerprint density at radius 1 is 1.00 bits per heavy atom. The van der Waals surface area contributed by atoms with E-state index >= 15 is 0 Å². The summed E-state index contributed by atoms with van der Waals surface area (Å²) >= 11 is 0. The third-order valence-corrected chi connectivity index (χ3v) is 2.53. The highest BCUT2D eigenvalue weighted by atomic mass is 16.4. The molecule has 0 spiro atoms. The van der Waals surface area contributed by atoms with Crippen LogP contribution in [0.1, 0.15) is 0 Å². The van der Waals surface area contributed by atoms with Crippen molar-refractivity contribution in [3.63, 3.8) is 0 Å². The molecular weight excluding hydrogens is 246 g/mol. The quantitative estimate of drug-likeness (QED) is 0.719. The minimum absolute atomic E-state index is 0.115. The monoisotopic (exact) mass is 257 g/mol. The smallest absolute Gasteiger partial charge is 0.394 e. The van der Waals surface area contributed by atoms with E-state index < -0.39 is 11.9 Å². The van der Waals surface area contributed by atoms with E-state index in [1.165, 1.54) is 0 Å². The van der Waals surface area contributed by atoms with Gasteiger partial charge in [-0.25, -0.2) is 4.79 Å². The molecule has 0 bridgehead atoms. The van der Waals surface area contributed by atoms with E-state index in [0.29, 0.717) is 16.8 Å². The molecule has 0 aromatic heterocycles. The maximum absolute atomic E-state index is 11.1. The van der Waals surface area contributed by atoms with Crippen LogP contribution in [-0.4, -0.2) is 22.1 Å². The van der Waals surface area contributed by atoms with E-state index in [0.717, 1.165) is 0 Å². The van der Waals surface area contributed by atoms with Gasteiger partial charge in [0.2, 0.25) is 0 Å². The lowest BCUT2D eigenvalue weighted by Crippen LogP contribution is -2.21. The van der Waals surface area contributed by atoms with Crippen molar-refractivity contribution >= 4 is 17.6 Å². The lowest BCUT2D eigenvalue weighted by molar-refractivity contribution is -0.147. The summed E-state index contributed by atoms with van der Waals surface area (Å²) in [6, 6.07) is 13.3. The van der Waals surface area contributed by atoms with Crippen molar-refractivity contribution in [2.24, 2.45) is 0 Å². The number of anilines is 1. The molecule has 0 saturated carbocycles. The number of carbonyl (C=O) groups excluding carboxylic acids is 1. The van der Waals surface area contributed by atoms with Crippen LogP contribution in [0.25, 0.3) is 11.1 Å². The molecule has 0 aliphatic carbocycles. The number of carboxylic acids is 1. The first-order valence-electron chi connectivity index (χ1n) is 5.50. The number of hydrogen-bond donors (Lipinski definition) is 3. The Labute approximate surface area is 109 Å². The molecule has 0 radical (unpaired) electrons. The fraction of sp³-hybridized carbons (Fsp3) is 0. The first-order chi connectivity index (χ1) is 9.08. The normalized spacial score (nSPS) is 9.89. The Kier molecular flexibility index (Phi) is 3.47. The molecule has 5 nitrogen and oxygen atoms in total. The van der Waals surface area contributed by atoms with Gasteiger partial charge in [-0.05, 0) is 23.8 Å². The minimum Gasteiger partial charge on any atom is -0.507 e. The summed E-state index contributed by atoms with van der Waals surface area (Å²) in [6.07, 6.45) is 0. The molecule has 2 aromatic carbocycles. The van der Waals surface area contributed by atoms with E-state index in [2.05, 4.69) is 5.32 Å². The molecule has 0 unspecified atom stereocenters. The second kappa shape index (κ2) is 5.22. The molecular formula is C14H11NO4. The fourth-order valence-corrected chi connectivity index (χ4v) is 1.67. The number of benzene rings is 2. The standard InChI is InChI=1S/C14H11NO4/c16-12-7-2-1-6-11(12)9-4-3-5-10(8-9)15-13(17)14(18)19/h1-8,16H,(H,15,17)(H,18,19). The van der Waals surface area contributed by atoms with Crippen LogP contribution in [0.15, 0.2) is 48.5 Å². The van der Waals surface area contributed by atoms with Gasteiger partial charge >= 0.3 is 11.9 Å². The molecule has 3 N–H and O–H groups in total. The number of carbonyl (C=O) groups is 2. The number of para-hydroxylation sites is 1. The van der Waals surface area contributed by atoms with Gasteiger partial charge in [-0.3, -0.25) is 4.79 Å². The second-order valence-electron chi connectivity index (χ2n) is 3.86. The summed E-state index contributed by atoms with van der Waals surface area (Å²) in [7, 11) is 0. The fourth-order valence-electron chi connectivity index (χ4n) is 1.67. The van der Waals surface area contributed by atoms with Crippen LogP contribution in [0, 0.1) is 0 Å². The highest BCUT2D eigenvalue weighted by Gasteiger charge is 2.11. The van der Waals surface area contributed by atoms with E-state index in [4.69, 9.17) is 5.11 Å². The number of nitrogens with one attached hydrogen (secondary N) is 1. The largest absolute Gasteiger partial charge is 0.507 e. The number of aromatic hydroxyl groups is 1. The van der Waals surface area contributed by atoms with Gasteiger partial charge in [-0.2, -0.15) is 0 Å². The molecule has 0 heterocycles. The Hall–Kier alpha value is -2.82. The maximum Gasteiger partial charge on any atom is 0.394 e. The van der Waals surface area contributed by atoms with Gasteiger partial charge in [0.1, 0.15) is 5.75 Å². The molecule has 0 aliphatic heterocycles. The van der Waals surface area contributed by atoms with Crippen LogP contribution in [0.4, 0.5) is 5.69 Å². The summed E-state index contributed by atoms with van der Waals surface area (Å²) in [5.74, 6) is -2.54. The predicted octanol–water partition coefficient (Wildman–Crippen LogP) is 2.08. The molecule has 0 fully saturated rings. The van der Waals surface area contributed by atoms with Crippen LogP contribution in [0.2, 0.25) is 0 Å². The number of amides is 1. The van der Waals surface area contributed by atoms with Crippen molar-refractivity contribution in [1.29, 1.82) is 0 Å². The molecule has 0 saturated heterocycles. The number of hydrogen-bond acceptors (Lipinski definition) is 3. The van der Waals surface area contributed by atoms with Crippen molar-refractivity contribution in [3.05, 3.63) is 48.5 Å². The number of aliphatic carboxylic acids is 1. The van der Waals surface area contributed by atoms with Gasteiger partial charge in [0.15, 0.2) is 0 Å². The molecule has 0 aliphatic rings. The van der Waals surface area contributed by atoms with E-state index in [1.54, 1.807) is 48.5 Å². The van der Waals surface area contributed by atoms with Crippen LogP contribution < -0.4 is 5.32 Å². The second-order valence-corrected chi connectivity index (χ2v) is 3.86. The molecule has 2 rings (SSSR count). The van der Waals surface area contributed by atoms with Gasteiger partial charge in [-0.1, -0.05) is 30.3 Å². The molecule has 2 aromatic rings. The SMILES string of the molecule is O=C(O)C(=O)Nc1cccc(-c2ccccc2O)c1. The predicted molar refractivity (Wildman–Crippen MR) is 69.8 cm³/mol. The topological polar surface area (TPSA) is 86.6 Å². The van der Waals surface area contributed by atoms with Crippen LogP contribution in [0.5, 0.6) is 5.75 Å².